The molecule has 0 fully saturated rings. The molecule has 20 heavy (non-hydrogen) atoms. The maximum atomic E-state index is 13.7. The van der Waals surface area contributed by atoms with Gasteiger partial charge in [0.15, 0.2) is 17.2 Å². The van der Waals surface area contributed by atoms with Crippen LogP contribution in [0, 0.1) is 11.6 Å². The van der Waals surface area contributed by atoms with Gasteiger partial charge in [-0.2, -0.15) is 19.5 Å². The van der Waals surface area contributed by atoms with Crippen molar-refractivity contribution in [1.29, 1.82) is 0 Å². The summed E-state index contributed by atoms with van der Waals surface area (Å²) in [6.07, 6.45) is 1.40. The van der Waals surface area contributed by atoms with Crippen molar-refractivity contribution in [2.45, 2.75) is 0 Å². The molecule has 102 valence electrons. The zero-order valence-electron chi connectivity index (χ0n) is 9.49. The Hall–Kier alpha value is -1.80. The van der Waals surface area contributed by atoms with Crippen molar-refractivity contribution < 1.29 is 13.5 Å². The first-order valence-electron chi connectivity index (χ1n) is 5.23. The summed E-state index contributed by atoms with van der Waals surface area (Å²) < 4.78 is 32.6. The molecule has 0 spiro atoms. The molecule has 5 nitrogen and oxygen atoms in total. The summed E-state index contributed by atoms with van der Waals surface area (Å²) in [4.78, 5) is 7.71. The van der Waals surface area contributed by atoms with Gasteiger partial charge in [-0.05, 0) is 23.7 Å². The fourth-order valence-corrected chi connectivity index (χ4v) is 2.14. The second-order valence-corrected chi connectivity index (χ2v) is 4.99. The van der Waals surface area contributed by atoms with Gasteiger partial charge in [0.25, 0.3) is 0 Å². The van der Waals surface area contributed by atoms with Crippen LogP contribution in [0.1, 0.15) is 0 Å². The number of aromatic amines is 1. The second-order valence-electron chi connectivity index (χ2n) is 3.73. The van der Waals surface area contributed by atoms with E-state index in [1.165, 1.54) is 12.3 Å². The minimum atomic E-state index is -1.13. The SMILES string of the molecule is Fc1cc(Br)cc(Oc2nc(Cl)nc3[nH]ncc23)c1F. The molecule has 0 aliphatic rings. The van der Waals surface area contributed by atoms with Crippen LogP contribution in [0.2, 0.25) is 5.28 Å². The van der Waals surface area contributed by atoms with Gasteiger partial charge >= 0.3 is 0 Å². The van der Waals surface area contributed by atoms with Gasteiger partial charge < -0.3 is 4.74 Å². The molecular formula is C11H4BrClF2N4O. The van der Waals surface area contributed by atoms with Crippen molar-refractivity contribution in [3.8, 4) is 11.6 Å². The van der Waals surface area contributed by atoms with Crippen molar-refractivity contribution in [3.05, 3.63) is 39.7 Å². The maximum Gasteiger partial charge on any atom is 0.234 e. The average molecular weight is 362 g/mol. The minimum absolute atomic E-state index is 0.0230. The Labute approximate surface area is 124 Å². The molecule has 2 heterocycles. The third-order valence-corrected chi connectivity index (χ3v) is 3.04. The van der Waals surface area contributed by atoms with Crippen LogP contribution in [0.15, 0.2) is 22.8 Å². The number of rotatable bonds is 2. The summed E-state index contributed by atoms with van der Waals surface area (Å²) in [6.45, 7) is 0. The number of hydrogen-bond acceptors (Lipinski definition) is 4. The molecule has 0 saturated heterocycles. The monoisotopic (exact) mass is 360 g/mol. The lowest BCUT2D eigenvalue weighted by Gasteiger charge is -2.07. The highest BCUT2D eigenvalue weighted by atomic mass is 79.9. The minimum Gasteiger partial charge on any atom is -0.435 e. The molecule has 0 aliphatic heterocycles. The summed E-state index contributed by atoms with van der Waals surface area (Å²) in [5.41, 5.74) is 0.330. The zero-order valence-corrected chi connectivity index (χ0v) is 11.8. The third kappa shape index (κ3) is 2.32. The predicted molar refractivity (Wildman–Crippen MR) is 70.8 cm³/mol. The lowest BCUT2D eigenvalue weighted by atomic mass is 10.3. The first-order chi connectivity index (χ1) is 9.54. The van der Waals surface area contributed by atoms with Crippen LogP contribution in [-0.2, 0) is 0 Å². The van der Waals surface area contributed by atoms with Gasteiger partial charge in [-0.15, -0.1) is 0 Å². The molecule has 0 amide bonds. The summed E-state index contributed by atoms with van der Waals surface area (Å²) >= 11 is 8.78. The number of aromatic nitrogens is 4. The van der Waals surface area contributed by atoms with E-state index in [-0.39, 0.29) is 16.9 Å². The predicted octanol–water partition coefficient (Wildman–Crippen LogP) is 3.84. The van der Waals surface area contributed by atoms with Crippen LogP contribution < -0.4 is 4.74 Å². The smallest absolute Gasteiger partial charge is 0.234 e. The van der Waals surface area contributed by atoms with E-state index >= 15 is 0 Å². The van der Waals surface area contributed by atoms with Crippen LogP contribution in [-0.4, -0.2) is 20.2 Å². The molecular weight excluding hydrogens is 358 g/mol. The number of halogens is 4. The van der Waals surface area contributed by atoms with Gasteiger partial charge in [-0.25, -0.2) is 4.39 Å². The number of benzene rings is 1. The lowest BCUT2D eigenvalue weighted by Crippen LogP contribution is -1.96. The maximum absolute atomic E-state index is 13.7. The van der Waals surface area contributed by atoms with Gasteiger partial charge in [0.1, 0.15) is 5.39 Å². The van der Waals surface area contributed by atoms with Crippen LogP contribution in [0.3, 0.4) is 0 Å². The van der Waals surface area contributed by atoms with Crippen LogP contribution >= 0.6 is 27.5 Å². The van der Waals surface area contributed by atoms with Crippen LogP contribution in [0.25, 0.3) is 11.0 Å². The van der Waals surface area contributed by atoms with Gasteiger partial charge in [0, 0.05) is 4.47 Å². The zero-order chi connectivity index (χ0) is 14.3. The summed E-state index contributed by atoms with van der Waals surface area (Å²) in [7, 11) is 0. The Balaban J connectivity index is 2.12. The Morgan fingerprint density at radius 2 is 2.05 bits per heavy atom. The molecule has 1 aromatic carbocycles. The Kier molecular flexibility index (Phi) is 3.27. The van der Waals surface area contributed by atoms with E-state index in [9.17, 15) is 8.78 Å². The highest BCUT2D eigenvalue weighted by molar-refractivity contribution is 9.10. The number of nitrogens with zero attached hydrogens (tertiary/aromatic N) is 3. The fourth-order valence-electron chi connectivity index (χ4n) is 1.57. The van der Waals surface area contributed by atoms with E-state index in [4.69, 9.17) is 16.3 Å². The quantitative estimate of drug-likeness (QED) is 0.556. The van der Waals surface area contributed by atoms with Crippen molar-refractivity contribution in [3.63, 3.8) is 0 Å². The topological polar surface area (TPSA) is 63.7 Å². The average Bonchev–Trinajstić information content (AvgIpc) is 2.83. The third-order valence-electron chi connectivity index (χ3n) is 2.41. The Bertz CT molecular complexity index is 810. The van der Waals surface area contributed by atoms with E-state index in [2.05, 4.69) is 36.1 Å². The molecule has 0 radical (unpaired) electrons. The number of fused-ring (bicyclic) bond motifs is 1. The fraction of sp³-hybridized carbons (Fsp3) is 0. The number of hydrogen-bond donors (Lipinski definition) is 1. The summed E-state index contributed by atoms with van der Waals surface area (Å²) in [5, 5.41) is 6.63. The van der Waals surface area contributed by atoms with Crippen molar-refractivity contribution in [1.82, 2.24) is 20.2 Å². The van der Waals surface area contributed by atoms with Crippen LogP contribution in [0.5, 0.6) is 11.6 Å². The van der Waals surface area contributed by atoms with E-state index in [1.807, 2.05) is 0 Å². The van der Waals surface area contributed by atoms with Gasteiger partial charge in [-0.3, -0.25) is 5.10 Å². The molecule has 3 aromatic rings. The normalized spacial score (nSPS) is 11.0. The Morgan fingerprint density at radius 1 is 1.25 bits per heavy atom. The second kappa shape index (κ2) is 4.95. The van der Waals surface area contributed by atoms with E-state index < -0.39 is 11.6 Å². The number of nitrogens with one attached hydrogen (secondary N) is 1. The first kappa shape index (κ1) is 13.2. The standard InChI is InChI=1S/C11H4BrClF2N4O/c12-4-1-6(14)8(15)7(2-4)20-10-5-3-16-19-9(5)17-11(13)18-10/h1-3H,(H,16,17,18,19). The van der Waals surface area contributed by atoms with Crippen molar-refractivity contribution in [2.75, 3.05) is 0 Å². The van der Waals surface area contributed by atoms with E-state index in [0.29, 0.717) is 15.5 Å². The molecule has 0 bridgehead atoms. The first-order valence-corrected chi connectivity index (χ1v) is 6.40. The largest absolute Gasteiger partial charge is 0.435 e. The summed E-state index contributed by atoms with van der Waals surface area (Å²) in [5.74, 6) is -2.52. The highest BCUT2D eigenvalue weighted by Gasteiger charge is 2.16. The molecule has 3 rings (SSSR count). The molecule has 0 atom stereocenters. The number of H-pyrrole nitrogens is 1. The highest BCUT2D eigenvalue weighted by Crippen LogP contribution is 2.32. The molecule has 2 aromatic heterocycles. The molecule has 9 heteroatoms. The number of ether oxygens (including phenoxy) is 1. The Morgan fingerprint density at radius 3 is 2.85 bits per heavy atom. The van der Waals surface area contributed by atoms with Crippen molar-refractivity contribution >= 4 is 38.6 Å². The lowest BCUT2D eigenvalue weighted by molar-refractivity contribution is 0.408. The van der Waals surface area contributed by atoms with Crippen molar-refractivity contribution in [2.24, 2.45) is 0 Å². The van der Waals surface area contributed by atoms with Gasteiger partial charge in [0.05, 0.1) is 6.20 Å². The van der Waals surface area contributed by atoms with E-state index in [1.54, 1.807) is 0 Å². The summed E-state index contributed by atoms with van der Waals surface area (Å²) in [6, 6.07) is 2.27. The molecule has 1 N–H and O–H groups in total. The van der Waals surface area contributed by atoms with Crippen LogP contribution in [0.4, 0.5) is 8.78 Å². The molecule has 0 aliphatic carbocycles. The molecule has 0 saturated carbocycles. The molecule has 0 unspecified atom stereocenters. The van der Waals surface area contributed by atoms with Gasteiger partial charge in [-0.1, -0.05) is 15.9 Å². The van der Waals surface area contributed by atoms with E-state index in [0.717, 1.165) is 6.07 Å². The van der Waals surface area contributed by atoms with Gasteiger partial charge in [0.2, 0.25) is 17.0 Å².